The highest BCUT2D eigenvalue weighted by Gasteiger charge is 2.42. The molecule has 0 spiro atoms. The number of alkyl halides is 3. The number of pyridine rings is 1. The van der Waals surface area contributed by atoms with Crippen LogP contribution in [0, 0.1) is 0 Å². The lowest BCUT2D eigenvalue weighted by atomic mass is 10.1. The van der Waals surface area contributed by atoms with Crippen molar-refractivity contribution in [2.45, 2.75) is 50.6 Å². The van der Waals surface area contributed by atoms with E-state index >= 15 is 0 Å². The van der Waals surface area contributed by atoms with Crippen molar-refractivity contribution >= 4 is 11.7 Å². The first-order chi connectivity index (χ1) is 11.9. The van der Waals surface area contributed by atoms with Crippen molar-refractivity contribution in [1.29, 1.82) is 0 Å². The highest BCUT2D eigenvalue weighted by molar-refractivity contribution is 5.89. The van der Waals surface area contributed by atoms with Crippen molar-refractivity contribution in [3.63, 3.8) is 0 Å². The Bertz CT molecular complexity index is 618. The fraction of sp³-hybridized carbons (Fsp3) is 0.625. The topological polar surface area (TPSA) is 72.5 Å². The van der Waals surface area contributed by atoms with Gasteiger partial charge in [0.1, 0.15) is 6.04 Å². The Labute approximate surface area is 143 Å². The van der Waals surface area contributed by atoms with Crippen molar-refractivity contribution in [3.05, 3.63) is 23.5 Å². The van der Waals surface area contributed by atoms with Gasteiger partial charge in [0.05, 0.1) is 31.2 Å². The van der Waals surface area contributed by atoms with Crippen molar-refractivity contribution < 1.29 is 27.4 Å². The van der Waals surface area contributed by atoms with Gasteiger partial charge in [-0.15, -0.1) is 0 Å². The quantitative estimate of drug-likeness (QED) is 0.867. The van der Waals surface area contributed by atoms with Gasteiger partial charge in [-0.3, -0.25) is 4.98 Å². The number of hydrogen-bond donors (Lipinski definition) is 2. The Balaban J connectivity index is 1.61. The third kappa shape index (κ3) is 4.82. The minimum atomic E-state index is -4.54. The normalized spacial score (nSPS) is 21.5. The van der Waals surface area contributed by atoms with E-state index in [9.17, 15) is 18.0 Å². The summed E-state index contributed by atoms with van der Waals surface area (Å²) in [6.45, 7) is 1.43. The van der Waals surface area contributed by atoms with Gasteiger partial charge < -0.3 is 20.1 Å². The van der Waals surface area contributed by atoms with Crippen molar-refractivity contribution in [1.82, 2.24) is 10.3 Å². The van der Waals surface area contributed by atoms with Crippen LogP contribution < -0.4 is 10.6 Å². The molecule has 25 heavy (non-hydrogen) atoms. The van der Waals surface area contributed by atoms with E-state index < -0.39 is 24.4 Å². The second kappa shape index (κ2) is 7.57. The van der Waals surface area contributed by atoms with E-state index in [4.69, 9.17) is 9.47 Å². The number of rotatable bonds is 4. The summed E-state index contributed by atoms with van der Waals surface area (Å²) in [5.41, 5.74) is 2.04. The molecule has 2 amide bonds. The maximum Gasteiger partial charge on any atom is 0.408 e. The maximum absolute atomic E-state index is 13.2. The van der Waals surface area contributed by atoms with Crippen LogP contribution in [0.3, 0.4) is 0 Å². The monoisotopic (exact) mass is 359 g/mol. The molecular formula is C16H20F3N3O3. The first-order valence-electron chi connectivity index (χ1n) is 8.23. The van der Waals surface area contributed by atoms with Crippen LogP contribution in [-0.4, -0.2) is 42.6 Å². The molecule has 0 aromatic carbocycles. The molecule has 6 nitrogen and oxygen atoms in total. The molecule has 9 heteroatoms. The molecule has 2 atom stereocenters. The molecule has 2 N–H and O–H groups in total. The van der Waals surface area contributed by atoms with E-state index in [1.54, 1.807) is 6.07 Å². The predicted molar refractivity (Wildman–Crippen MR) is 83.2 cm³/mol. The number of urea groups is 1. The molecule has 2 unspecified atom stereocenters. The van der Waals surface area contributed by atoms with Crippen molar-refractivity contribution in [2.24, 2.45) is 0 Å². The summed E-state index contributed by atoms with van der Waals surface area (Å²) < 4.78 is 50.1. The summed E-state index contributed by atoms with van der Waals surface area (Å²) in [5, 5.41) is 4.41. The molecule has 0 saturated carbocycles. The van der Waals surface area contributed by atoms with Crippen LogP contribution in [0.25, 0.3) is 0 Å². The summed E-state index contributed by atoms with van der Waals surface area (Å²) in [4.78, 5) is 16.2. The zero-order valence-corrected chi connectivity index (χ0v) is 13.6. The third-order valence-corrected chi connectivity index (χ3v) is 4.28. The van der Waals surface area contributed by atoms with E-state index in [1.807, 2.05) is 5.32 Å². The molecule has 0 aliphatic carbocycles. The van der Waals surface area contributed by atoms with Crippen LogP contribution in [0.2, 0.25) is 0 Å². The van der Waals surface area contributed by atoms with Gasteiger partial charge in [-0.1, -0.05) is 0 Å². The van der Waals surface area contributed by atoms with Crippen LogP contribution in [0.4, 0.5) is 23.7 Å². The second-order valence-electron chi connectivity index (χ2n) is 6.20. The number of fused-ring (bicyclic) bond motifs is 1. The lowest BCUT2D eigenvalue weighted by molar-refractivity contribution is -0.159. The molecule has 138 valence electrons. The summed E-state index contributed by atoms with van der Waals surface area (Å²) in [5.74, 6) is 0. The molecule has 0 bridgehead atoms. The fourth-order valence-electron chi connectivity index (χ4n) is 3.00. The number of nitrogens with zero attached hydrogens (tertiary/aromatic N) is 1. The van der Waals surface area contributed by atoms with Gasteiger partial charge in [0.25, 0.3) is 0 Å². The summed E-state index contributed by atoms with van der Waals surface area (Å²) >= 11 is 0. The summed E-state index contributed by atoms with van der Waals surface area (Å²) in [7, 11) is 0. The van der Waals surface area contributed by atoms with E-state index in [1.165, 1.54) is 6.20 Å². The van der Waals surface area contributed by atoms with E-state index in [0.717, 1.165) is 17.7 Å². The second-order valence-corrected chi connectivity index (χ2v) is 6.20. The zero-order chi connectivity index (χ0) is 17.9. The molecular weight excluding hydrogens is 339 g/mol. The molecule has 1 fully saturated rings. The van der Waals surface area contributed by atoms with Crippen molar-refractivity contribution in [3.8, 4) is 0 Å². The Morgan fingerprint density at radius 1 is 1.40 bits per heavy atom. The standard InChI is InChI=1S/C16H20F3N3O3/c17-16(18,19)14(7-12-2-1-4-25-12)22-15(23)21-11-6-10-9-24-5-3-13(10)20-8-11/h6,8,12,14H,1-5,7,9H2,(H2,21,22,23). The van der Waals surface area contributed by atoms with Crippen molar-refractivity contribution in [2.75, 3.05) is 18.5 Å². The summed E-state index contributed by atoms with van der Waals surface area (Å²) in [6.07, 6.45) is -1.87. The number of aromatic nitrogens is 1. The number of amides is 2. The number of hydrogen-bond acceptors (Lipinski definition) is 4. The lowest BCUT2D eigenvalue weighted by Gasteiger charge is -2.24. The first-order valence-corrected chi connectivity index (χ1v) is 8.23. The van der Waals surface area contributed by atoms with Gasteiger partial charge >= 0.3 is 12.2 Å². The maximum atomic E-state index is 13.2. The highest BCUT2D eigenvalue weighted by atomic mass is 19.4. The number of halogens is 3. The Hall–Kier alpha value is -1.87. The lowest BCUT2D eigenvalue weighted by Crippen LogP contribution is -2.48. The largest absolute Gasteiger partial charge is 0.408 e. The number of anilines is 1. The van der Waals surface area contributed by atoms with Gasteiger partial charge in [-0.05, 0) is 18.9 Å². The van der Waals surface area contributed by atoms with Gasteiger partial charge in [-0.25, -0.2) is 4.79 Å². The van der Waals surface area contributed by atoms with Crippen LogP contribution >= 0.6 is 0 Å². The third-order valence-electron chi connectivity index (χ3n) is 4.28. The van der Waals surface area contributed by atoms with E-state index in [2.05, 4.69) is 10.3 Å². The number of carbonyl (C=O) groups is 1. The average molecular weight is 359 g/mol. The molecule has 0 radical (unpaired) electrons. The minimum absolute atomic E-state index is 0.285. The summed E-state index contributed by atoms with van der Waals surface area (Å²) in [6, 6.07) is -1.20. The molecule has 1 saturated heterocycles. The smallest absolute Gasteiger partial charge is 0.378 e. The first kappa shape index (κ1) is 17.9. The average Bonchev–Trinajstić information content (AvgIpc) is 3.06. The molecule has 1 aromatic heterocycles. The van der Waals surface area contributed by atoms with E-state index in [0.29, 0.717) is 38.3 Å². The number of carbonyl (C=O) groups excluding carboxylic acids is 1. The molecule has 2 aliphatic rings. The van der Waals surface area contributed by atoms with Crippen LogP contribution in [0.5, 0.6) is 0 Å². The van der Waals surface area contributed by atoms with Crippen LogP contribution in [0.15, 0.2) is 12.3 Å². The Kier molecular flexibility index (Phi) is 5.43. The molecule has 3 heterocycles. The van der Waals surface area contributed by atoms with Gasteiger partial charge in [0.2, 0.25) is 0 Å². The van der Waals surface area contributed by atoms with Crippen LogP contribution in [0.1, 0.15) is 30.5 Å². The fourth-order valence-corrected chi connectivity index (χ4v) is 3.00. The molecule has 3 rings (SSSR count). The van der Waals surface area contributed by atoms with E-state index in [-0.39, 0.29) is 6.42 Å². The Morgan fingerprint density at radius 2 is 2.24 bits per heavy atom. The Morgan fingerprint density at radius 3 is 2.96 bits per heavy atom. The van der Waals surface area contributed by atoms with Gasteiger partial charge in [0.15, 0.2) is 0 Å². The zero-order valence-electron chi connectivity index (χ0n) is 13.6. The SMILES string of the molecule is O=C(Nc1cnc2c(c1)COCC2)NC(CC1CCCO1)C(F)(F)F. The minimum Gasteiger partial charge on any atom is -0.378 e. The number of ether oxygens (including phenoxy) is 2. The van der Waals surface area contributed by atoms with Gasteiger partial charge in [-0.2, -0.15) is 13.2 Å². The highest BCUT2D eigenvalue weighted by Crippen LogP contribution is 2.27. The van der Waals surface area contributed by atoms with Gasteiger partial charge in [0, 0.05) is 30.7 Å². The molecule has 1 aromatic rings. The molecule has 2 aliphatic heterocycles. The number of nitrogens with one attached hydrogen (secondary N) is 2. The van der Waals surface area contributed by atoms with Crippen LogP contribution in [-0.2, 0) is 22.5 Å². The predicted octanol–water partition coefficient (Wildman–Crippen LogP) is 2.78.